The Morgan fingerprint density at radius 1 is 1.03 bits per heavy atom. The second kappa shape index (κ2) is 9.17. The topological polar surface area (TPSA) is 96.3 Å². The Morgan fingerprint density at radius 2 is 1.67 bits per heavy atom. The summed E-state index contributed by atoms with van der Waals surface area (Å²) in [6.07, 6.45) is 0.620. The second-order valence-corrected chi connectivity index (χ2v) is 9.09. The number of hydrogen-bond donors (Lipinski definition) is 2. The number of phenolic OH excluding ortho intramolecular Hbond substituents is 1. The van der Waals surface area contributed by atoms with Crippen molar-refractivity contribution >= 4 is 17.4 Å². The molecule has 0 bridgehead atoms. The van der Waals surface area contributed by atoms with Crippen LogP contribution in [-0.2, 0) is 15.0 Å². The largest absolute Gasteiger partial charge is 0.507 e. The highest BCUT2D eigenvalue weighted by Crippen LogP contribution is 2.43. The van der Waals surface area contributed by atoms with E-state index in [9.17, 15) is 19.8 Å². The number of ketones is 1. The number of aromatic hydroxyl groups is 1. The Kier molecular flexibility index (Phi) is 6.72. The fourth-order valence-electron chi connectivity index (χ4n) is 4.08. The molecule has 0 aliphatic carbocycles. The first-order valence-electron chi connectivity index (χ1n) is 10.9. The van der Waals surface area contributed by atoms with Gasteiger partial charge in [-0.15, -0.1) is 0 Å². The molecule has 0 saturated carbocycles. The zero-order valence-electron chi connectivity index (χ0n) is 19.9. The summed E-state index contributed by atoms with van der Waals surface area (Å²) in [4.78, 5) is 27.5. The van der Waals surface area contributed by atoms with Crippen molar-refractivity contribution in [1.29, 1.82) is 0 Å². The van der Waals surface area contributed by atoms with Crippen LogP contribution in [0.5, 0.6) is 17.2 Å². The number of rotatable bonds is 6. The van der Waals surface area contributed by atoms with Gasteiger partial charge < -0.3 is 24.6 Å². The number of Topliss-reactive ketones (excluding diaryl/α,β-unsaturated/α-hetero) is 1. The highest BCUT2D eigenvalue weighted by atomic mass is 16.5. The second-order valence-electron chi connectivity index (χ2n) is 9.09. The lowest BCUT2D eigenvalue weighted by atomic mass is 9.85. The lowest BCUT2D eigenvalue weighted by Crippen LogP contribution is -2.30. The number of ether oxygens (including phenoxy) is 2. The lowest BCUT2D eigenvalue weighted by molar-refractivity contribution is -0.139. The van der Waals surface area contributed by atoms with Crippen molar-refractivity contribution in [2.75, 3.05) is 20.8 Å². The Morgan fingerprint density at radius 3 is 2.21 bits per heavy atom. The van der Waals surface area contributed by atoms with Gasteiger partial charge in [0.25, 0.3) is 11.7 Å². The van der Waals surface area contributed by atoms with Crippen molar-refractivity contribution in [2.24, 2.45) is 0 Å². The first-order valence-corrected chi connectivity index (χ1v) is 10.9. The number of likely N-dealkylation sites (tertiary alicyclic amines) is 1. The van der Waals surface area contributed by atoms with E-state index >= 15 is 0 Å². The molecule has 1 unspecified atom stereocenters. The van der Waals surface area contributed by atoms with Gasteiger partial charge in [0, 0.05) is 6.54 Å². The highest BCUT2D eigenvalue weighted by Gasteiger charge is 2.46. The molecule has 1 saturated heterocycles. The zero-order chi connectivity index (χ0) is 24.5. The molecule has 176 valence electrons. The minimum atomic E-state index is -0.857. The molecule has 3 rings (SSSR count). The van der Waals surface area contributed by atoms with Gasteiger partial charge in [-0.1, -0.05) is 39.8 Å². The third-order valence-corrected chi connectivity index (χ3v) is 5.84. The summed E-state index contributed by atoms with van der Waals surface area (Å²) >= 11 is 0. The monoisotopic (exact) mass is 453 g/mol. The summed E-state index contributed by atoms with van der Waals surface area (Å²) in [5, 5.41) is 21.7. The summed E-state index contributed by atoms with van der Waals surface area (Å²) in [5.41, 5.74) is 1.51. The van der Waals surface area contributed by atoms with Crippen molar-refractivity contribution in [3.8, 4) is 17.2 Å². The van der Waals surface area contributed by atoms with E-state index in [1.54, 1.807) is 24.3 Å². The van der Waals surface area contributed by atoms with Crippen LogP contribution in [0.1, 0.15) is 56.8 Å². The normalized spacial score (nSPS) is 18.0. The molecule has 2 N–H and O–H groups in total. The van der Waals surface area contributed by atoms with E-state index in [1.165, 1.54) is 25.2 Å². The van der Waals surface area contributed by atoms with E-state index in [0.717, 1.165) is 5.56 Å². The summed E-state index contributed by atoms with van der Waals surface area (Å²) < 4.78 is 10.6. The summed E-state index contributed by atoms with van der Waals surface area (Å²) in [6.45, 7) is 8.34. The van der Waals surface area contributed by atoms with Gasteiger partial charge in [-0.2, -0.15) is 0 Å². The van der Waals surface area contributed by atoms with E-state index in [4.69, 9.17) is 9.47 Å². The Hall–Kier alpha value is -3.48. The molecule has 1 atom stereocenters. The van der Waals surface area contributed by atoms with Crippen LogP contribution in [-0.4, -0.2) is 47.6 Å². The molecule has 0 radical (unpaired) electrons. The van der Waals surface area contributed by atoms with Crippen LogP contribution in [0.15, 0.2) is 42.0 Å². The number of carbonyl (C=O) groups is 2. The number of aliphatic hydroxyl groups excluding tert-OH is 1. The molecule has 1 aliphatic heterocycles. The number of carbonyl (C=O) groups excluding carboxylic acids is 2. The van der Waals surface area contributed by atoms with Crippen molar-refractivity contribution in [1.82, 2.24) is 4.90 Å². The molecular weight excluding hydrogens is 422 g/mol. The molecule has 7 heteroatoms. The molecule has 33 heavy (non-hydrogen) atoms. The fourth-order valence-corrected chi connectivity index (χ4v) is 4.08. The number of nitrogens with zero attached hydrogens (tertiary/aromatic N) is 1. The van der Waals surface area contributed by atoms with Gasteiger partial charge >= 0.3 is 0 Å². The molecule has 2 aromatic rings. The maximum atomic E-state index is 13.1. The number of benzene rings is 2. The number of phenols is 1. The van der Waals surface area contributed by atoms with E-state index in [0.29, 0.717) is 29.8 Å². The third kappa shape index (κ3) is 4.40. The molecule has 1 amide bonds. The molecule has 0 aromatic heterocycles. The van der Waals surface area contributed by atoms with Gasteiger partial charge in [-0.05, 0) is 47.2 Å². The van der Waals surface area contributed by atoms with Crippen LogP contribution >= 0.6 is 0 Å². The zero-order valence-corrected chi connectivity index (χ0v) is 19.9. The van der Waals surface area contributed by atoms with Crippen LogP contribution in [0.4, 0.5) is 0 Å². The summed E-state index contributed by atoms with van der Waals surface area (Å²) in [5.74, 6) is -1.24. The average molecular weight is 454 g/mol. The van der Waals surface area contributed by atoms with Gasteiger partial charge in [-0.3, -0.25) is 9.59 Å². The fraction of sp³-hybridized carbons (Fsp3) is 0.385. The van der Waals surface area contributed by atoms with Crippen molar-refractivity contribution in [3.63, 3.8) is 0 Å². The van der Waals surface area contributed by atoms with Crippen LogP contribution in [0.2, 0.25) is 0 Å². The van der Waals surface area contributed by atoms with E-state index in [1.807, 2.05) is 33.8 Å². The molecular formula is C26H31NO6. The molecule has 1 fully saturated rings. The highest BCUT2D eigenvalue weighted by molar-refractivity contribution is 6.46. The first kappa shape index (κ1) is 24.2. The SMILES string of the molecule is CCCN1C(=O)C(=O)/C(=C(/O)c2cc(C(C)(C)C)ccc2OC)C1c1ccc(OC)c(O)c1. The van der Waals surface area contributed by atoms with Gasteiger partial charge in [0.05, 0.1) is 31.4 Å². The van der Waals surface area contributed by atoms with Gasteiger partial charge in [0.2, 0.25) is 0 Å². The van der Waals surface area contributed by atoms with E-state index in [-0.39, 0.29) is 28.2 Å². The van der Waals surface area contributed by atoms with E-state index < -0.39 is 17.7 Å². The number of methoxy groups -OCH3 is 2. The lowest BCUT2D eigenvalue weighted by Gasteiger charge is -2.26. The minimum Gasteiger partial charge on any atom is -0.507 e. The average Bonchev–Trinajstić information content (AvgIpc) is 3.02. The van der Waals surface area contributed by atoms with Crippen molar-refractivity contribution in [2.45, 2.75) is 45.6 Å². The Labute approximate surface area is 194 Å². The summed E-state index contributed by atoms with van der Waals surface area (Å²) in [7, 11) is 2.92. The van der Waals surface area contributed by atoms with Crippen molar-refractivity contribution < 1.29 is 29.3 Å². The Bertz CT molecular complexity index is 1110. The van der Waals surface area contributed by atoms with Crippen LogP contribution in [0, 0.1) is 0 Å². The Balaban J connectivity index is 2.28. The maximum absolute atomic E-state index is 13.1. The predicted octanol–water partition coefficient (Wildman–Crippen LogP) is 4.54. The van der Waals surface area contributed by atoms with Crippen LogP contribution in [0.25, 0.3) is 5.76 Å². The summed E-state index contributed by atoms with van der Waals surface area (Å²) in [6, 6.07) is 9.27. The quantitative estimate of drug-likeness (QED) is 0.379. The first-order chi connectivity index (χ1) is 15.5. The van der Waals surface area contributed by atoms with Crippen LogP contribution < -0.4 is 9.47 Å². The maximum Gasteiger partial charge on any atom is 0.295 e. The molecule has 1 heterocycles. The standard InChI is InChI=1S/C26H31NO6/c1-7-12-27-22(15-8-10-20(33-6)18(28)13-15)21(24(30)25(27)31)23(29)17-14-16(26(2,3)4)9-11-19(17)32-5/h8-11,13-14,22,28-29H,7,12H2,1-6H3/b23-21+. The predicted molar refractivity (Wildman–Crippen MR) is 126 cm³/mol. The number of aliphatic hydroxyl groups is 1. The van der Waals surface area contributed by atoms with Crippen molar-refractivity contribution in [3.05, 3.63) is 58.7 Å². The van der Waals surface area contributed by atoms with Gasteiger partial charge in [0.15, 0.2) is 11.5 Å². The number of amides is 1. The molecule has 2 aromatic carbocycles. The molecule has 7 nitrogen and oxygen atoms in total. The van der Waals surface area contributed by atoms with E-state index in [2.05, 4.69) is 0 Å². The van der Waals surface area contributed by atoms with Gasteiger partial charge in [-0.25, -0.2) is 0 Å². The minimum absolute atomic E-state index is 0.0395. The smallest absolute Gasteiger partial charge is 0.295 e. The van der Waals surface area contributed by atoms with Gasteiger partial charge in [0.1, 0.15) is 11.5 Å². The number of hydrogen-bond acceptors (Lipinski definition) is 6. The van der Waals surface area contributed by atoms with Crippen LogP contribution in [0.3, 0.4) is 0 Å². The third-order valence-electron chi connectivity index (χ3n) is 5.84. The molecule has 1 aliphatic rings. The molecule has 0 spiro atoms.